The molecule has 134 valence electrons. The highest BCUT2D eigenvalue weighted by atomic mass is 16.5. The molecule has 0 saturated carbocycles. The molecule has 0 aliphatic carbocycles. The van der Waals surface area contributed by atoms with Crippen LogP contribution in [-0.4, -0.2) is 36.5 Å². The Morgan fingerprint density at radius 1 is 1.04 bits per heavy atom. The Morgan fingerprint density at radius 3 is 2.27 bits per heavy atom. The van der Waals surface area contributed by atoms with Crippen molar-refractivity contribution in [3.05, 3.63) is 71.8 Å². The number of amides is 3. The Kier molecular flexibility index (Phi) is 5.02. The fourth-order valence-corrected chi connectivity index (χ4v) is 3.18. The third-order valence-electron chi connectivity index (χ3n) is 4.52. The van der Waals surface area contributed by atoms with E-state index in [-0.39, 0.29) is 18.9 Å². The van der Waals surface area contributed by atoms with Crippen molar-refractivity contribution in [2.45, 2.75) is 18.4 Å². The summed E-state index contributed by atoms with van der Waals surface area (Å²) >= 11 is 0. The van der Waals surface area contributed by atoms with Gasteiger partial charge in [-0.05, 0) is 11.1 Å². The number of nitrogens with zero attached hydrogens (tertiary/aromatic N) is 1. The van der Waals surface area contributed by atoms with E-state index in [1.54, 1.807) is 0 Å². The lowest BCUT2D eigenvalue weighted by Gasteiger charge is -2.27. The molecule has 1 aliphatic rings. The molecule has 0 radical (unpaired) electrons. The van der Waals surface area contributed by atoms with E-state index in [4.69, 9.17) is 0 Å². The van der Waals surface area contributed by atoms with Gasteiger partial charge in [0.25, 0.3) is 5.91 Å². The maximum absolute atomic E-state index is 13.2. The molecule has 0 spiro atoms. The second kappa shape index (κ2) is 7.39. The molecule has 0 unspecified atom stereocenters. The van der Waals surface area contributed by atoms with Crippen molar-refractivity contribution in [1.82, 2.24) is 10.2 Å². The van der Waals surface area contributed by atoms with E-state index >= 15 is 0 Å². The molecule has 0 aromatic heterocycles. The van der Waals surface area contributed by atoms with E-state index < -0.39 is 17.5 Å². The van der Waals surface area contributed by atoms with Gasteiger partial charge in [0, 0.05) is 13.0 Å². The summed E-state index contributed by atoms with van der Waals surface area (Å²) in [7, 11) is 1.28. The first-order chi connectivity index (χ1) is 12.6. The maximum Gasteiger partial charge on any atom is 0.325 e. The first-order valence-electron chi connectivity index (χ1n) is 8.37. The SMILES string of the molecule is COC(=O)CCN1C(=O)N[C@](Cc2ccccc2)(c2ccccc2)C1=O. The monoisotopic (exact) mass is 352 g/mol. The van der Waals surface area contributed by atoms with Gasteiger partial charge in [-0.15, -0.1) is 0 Å². The predicted molar refractivity (Wildman–Crippen MR) is 95.1 cm³/mol. The zero-order chi connectivity index (χ0) is 18.6. The van der Waals surface area contributed by atoms with Crippen molar-refractivity contribution in [1.29, 1.82) is 0 Å². The van der Waals surface area contributed by atoms with Gasteiger partial charge in [-0.2, -0.15) is 0 Å². The zero-order valence-corrected chi connectivity index (χ0v) is 14.5. The summed E-state index contributed by atoms with van der Waals surface area (Å²) in [4.78, 5) is 38.2. The molecule has 3 rings (SSSR count). The largest absolute Gasteiger partial charge is 0.469 e. The number of nitrogens with one attached hydrogen (secondary N) is 1. The summed E-state index contributed by atoms with van der Waals surface area (Å²) in [6.45, 7) is -0.0132. The Hall–Kier alpha value is -3.15. The molecule has 0 bridgehead atoms. The number of carbonyl (C=O) groups is 3. The number of hydrogen-bond acceptors (Lipinski definition) is 4. The van der Waals surface area contributed by atoms with E-state index in [0.717, 1.165) is 10.5 Å². The van der Waals surface area contributed by atoms with Gasteiger partial charge >= 0.3 is 12.0 Å². The predicted octanol–water partition coefficient (Wildman–Crippen LogP) is 2.24. The van der Waals surface area contributed by atoms with Gasteiger partial charge in [-0.3, -0.25) is 14.5 Å². The van der Waals surface area contributed by atoms with Crippen LogP contribution in [0.2, 0.25) is 0 Å². The number of rotatable bonds is 6. The van der Waals surface area contributed by atoms with Gasteiger partial charge in [-0.25, -0.2) is 4.79 Å². The molecule has 1 fully saturated rings. The van der Waals surface area contributed by atoms with E-state index in [1.165, 1.54) is 7.11 Å². The topological polar surface area (TPSA) is 75.7 Å². The summed E-state index contributed by atoms with van der Waals surface area (Å²) in [6.07, 6.45) is 0.295. The van der Waals surface area contributed by atoms with Gasteiger partial charge in [0.2, 0.25) is 0 Å². The normalized spacial score (nSPS) is 19.3. The molecule has 2 aromatic rings. The molecular weight excluding hydrogens is 332 g/mol. The molecule has 6 nitrogen and oxygen atoms in total. The first-order valence-corrected chi connectivity index (χ1v) is 8.37. The third-order valence-corrected chi connectivity index (χ3v) is 4.52. The number of imide groups is 1. The molecule has 1 aliphatic heterocycles. The van der Waals surface area contributed by atoms with Crippen LogP contribution in [0.1, 0.15) is 17.5 Å². The van der Waals surface area contributed by atoms with Gasteiger partial charge in [0.05, 0.1) is 13.5 Å². The molecule has 3 amide bonds. The minimum Gasteiger partial charge on any atom is -0.469 e. The van der Waals surface area contributed by atoms with Crippen molar-refractivity contribution in [2.24, 2.45) is 0 Å². The van der Waals surface area contributed by atoms with Crippen LogP contribution in [0.4, 0.5) is 4.79 Å². The van der Waals surface area contributed by atoms with Gasteiger partial charge in [0.15, 0.2) is 5.54 Å². The molecular formula is C20H20N2O4. The fourth-order valence-electron chi connectivity index (χ4n) is 3.18. The van der Waals surface area contributed by atoms with Gasteiger partial charge in [-0.1, -0.05) is 60.7 Å². The van der Waals surface area contributed by atoms with Crippen molar-refractivity contribution in [2.75, 3.05) is 13.7 Å². The minimum atomic E-state index is -1.18. The lowest BCUT2D eigenvalue weighted by Crippen LogP contribution is -2.46. The van der Waals surface area contributed by atoms with Crippen LogP contribution in [0.15, 0.2) is 60.7 Å². The Morgan fingerprint density at radius 2 is 1.65 bits per heavy atom. The lowest BCUT2D eigenvalue weighted by molar-refractivity contribution is -0.141. The van der Waals surface area contributed by atoms with Crippen molar-refractivity contribution in [3.8, 4) is 0 Å². The Bertz CT molecular complexity index is 807. The average molecular weight is 352 g/mol. The van der Waals surface area contributed by atoms with Crippen LogP contribution in [0, 0.1) is 0 Å². The number of urea groups is 1. The van der Waals surface area contributed by atoms with Crippen LogP contribution in [0.25, 0.3) is 0 Å². The highest BCUT2D eigenvalue weighted by molar-refractivity contribution is 6.07. The van der Waals surface area contributed by atoms with Gasteiger partial charge in [0.1, 0.15) is 0 Å². The number of ether oxygens (including phenoxy) is 1. The van der Waals surface area contributed by atoms with Crippen LogP contribution in [0.5, 0.6) is 0 Å². The number of carbonyl (C=O) groups excluding carboxylic acids is 3. The molecule has 2 aromatic carbocycles. The smallest absolute Gasteiger partial charge is 0.325 e. The van der Waals surface area contributed by atoms with Crippen LogP contribution < -0.4 is 5.32 Å². The fraction of sp³-hybridized carbons (Fsp3) is 0.250. The van der Waals surface area contributed by atoms with E-state index in [9.17, 15) is 14.4 Å². The second-order valence-electron chi connectivity index (χ2n) is 6.15. The number of methoxy groups -OCH3 is 1. The first kappa shape index (κ1) is 17.7. The third kappa shape index (κ3) is 3.31. The Balaban J connectivity index is 1.95. The number of esters is 1. The molecule has 1 heterocycles. The summed E-state index contributed by atoms with van der Waals surface area (Å²) in [5.74, 6) is -0.827. The molecule has 26 heavy (non-hydrogen) atoms. The van der Waals surface area contributed by atoms with E-state index in [0.29, 0.717) is 12.0 Å². The lowest BCUT2D eigenvalue weighted by atomic mass is 9.83. The number of hydrogen-bond donors (Lipinski definition) is 1. The van der Waals surface area contributed by atoms with E-state index in [2.05, 4.69) is 10.1 Å². The minimum absolute atomic E-state index is 0.0132. The molecule has 1 atom stereocenters. The summed E-state index contributed by atoms with van der Waals surface area (Å²) in [6, 6.07) is 18.2. The van der Waals surface area contributed by atoms with Crippen molar-refractivity contribution < 1.29 is 19.1 Å². The van der Waals surface area contributed by atoms with Gasteiger partial charge < -0.3 is 10.1 Å². The summed E-state index contributed by atoms with van der Waals surface area (Å²) < 4.78 is 4.60. The van der Waals surface area contributed by atoms with Crippen molar-refractivity contribution in [3.63, 3.8) is 0 Å². The van der Waals surface area contributed by atoms with Crippen molar-refractivity contribution >= 4 is 17.9 Å². The average Bonchev–Trinajstić information content (AvgIpc) is 2.92. The zero-order valence-electron chi connectivity index (χ0n) is 14.5. The quantitative estimate of drug-likeness (QED) is 0.639. The maximum atomic E-state index is 13.2. The Labute approximate surface area is 151 Å². The highest BCUT2D eigenvalue weighted by Crippen LogP contribution is 2.33. The molecule has 1 saturated heterocycles. The van der Waals surface area contributed by atoms with Crippen LogP contribution in [0.3, 0.4) is 0 Å². The number of benzene rings is 2. The molecule has 1 N–H and O–H groups in total. The van der Waals surface area contributed by atoms with E-state index in [1.807, 2.05) is 60.7 Å². The summed E-state index contributed by atoms with van der Waals surface area (Å²) in [5.41, 5.74) is 0.457. The summed E-state index contributed by atoms with van der Waals surface area (Å²) in [5, 5.41) is 2.86. The standard InChI is InChI=1S/C20H20N2O4/c1-26-17(23)12-13-22-18(24)20(21-19(22)25,16-10-6-3-7-11-16)14-15-8-4-2-5-9-15/h2-11H,12-14H2,1H3,(H,21,25)/t20-/m1/s1. The van der Waals surface area contributed by atoms with Crippen LogP contribution in [-0.2, 0) is 26.3 Å². The highest BCUT2D eigenvalue weighted by Gasteiger charge is 2.52. The molecule has 6 heteroatoms. The van der Waals surface area contributed by atoms with Crippen LogP contribution >= 0.6 is 0 Å². The second-order valence-corrected chi connectivity index (χ2v) is 6.15.